The second-order valence-corrected chi connectivity index (χ2v) is 10.9. The van der Waals surface area contributed by atoms with Crippen molar-refractivity contribution in [2.24, 2.45) is 11.1 Å². The number of carbonyl (C=O) groups is 5. The van der Waals surface area contributed by atoms with Gasteiger partial charge in [-0.05, 0) is 31.4 Å². The molecule has 2 rings (SSSR count). The Bertz CT molecular complexity index is 1030. The molecule has 6 N–H and O–H groups in total. The van der Waals surface area contributed by atoms with Gasteiger partial charge in [-0.2, -0.15) is 0 Å². The number of nitrogens with zero attached hydrogens (tertiary/aromatic N) is 1. The van der Waals surface area contributed by atoms with Gasteiger partial charge in [0, 0.05) is 19.5 Å². The molecule has 0 unspecified atom stereocenters. The van der Waals surface area contributed by atoms with Crippen molar-refractivity contribution >= 4 is 29.5 Å². The summed E-state index contributed by atoms with van der Waals surface area (Å²) in [5.74, 6) is -2.13. The van der Waals surface area contributed by atoms with Gasteiger partial charge in [0.05, 0.1) is 18.7 Å². The van der Waals surface area contributed by atoms with Gasteiger partial charge in [0.1, 0.15) is 18.7 Å². The van der Waals surface area contributed by atoms with Crippen molar-refractivity contribution in [3.05, 3.63) is 35.9 Å². The maximum absolute atomic E-state index is 13.9. The summed E-state index contributed by atoms with van der Waals surface area (Å²) in [6.07, 6.45) is 0.193. The van der Waals surface area contributed by atoms with Crippen LogP contribution in [0.15, 0.2) is 30.3 Å². The van der Waals surface area contributed by atoms with E-state index in [9.17, 15) is 24.0 Å². The van der Waals surface area contributed by atoms with Crippen molar-refractivity contribution in [1.29, 1.82) is 0 Å². The van der Waals surface area contributed by atoms with E-state index in [-0.39, 0.29) is 45.4 Å². The zero-order valence-electron chi connectivity index (χ0n) is 23.6. The molecule has 12 nitrogen and oxygen atoms in total. The molecule has 0 saturated carbocycles. The van der Waals surface area contributed by atoms with Gasteiger partial charge in [-0.15, -0.1) is 0 Å². The summed E-state index contributed by atoms with van der Waals surface area (Å²) >= 11 is 0. The van der Waals surface area contributed by atoms with Crippen LogP contribution in [0.4, 0.5) is 0 Å². The van der Waals surface area contributed by atoms with Crippen LogP contribution in [0.1, 0.15) is 60.1 Å². The van der Waals surface area contributed by atoms with Crippen LogP contribution in [0.25, 0.3) is 0 Å². The van der Waals surface area contributed by atoms with Crippen molar-refractivity contribution in [2.45, 2.75) is 78.7 Å². The summed E-state index contributed by atoms with van der Waals surface area (Å²) in [5, 5.41) is 11.4. The number of benzene rings is 1. The molecule has 40 heavy (non-hydrogen) atoms. The van der Waals surface area contributed by atoms with E-state index >= 15 is 0 Å². The second kappa shape index (κ2) is 15.3. The molecule has 1 heterocycles. The molecule has 224 valence electrons. The van der Waals surface area contributed by atoms with Crippen molar-refractivity contribution in [2.75, 3.05) is 26.8 Å². The van der Waals surface area contributed by atoms with E-state index in [0.29, 0.717) is 0 Å². The number of carbonyl (C=O) groups excluding carboxylic acids is 5. The van der Waals surface area contributed by atoms with Gasteiger partial charge in [0.2, 0.25) is 29.5 Å². The van der Waals surface area contributed by atoms with Crippen LogP contribution in [-0.2, 0) is 28.7 Å². The molecule has 12 heteroatoms. The van der Waals surface area contributed by atoms with E-state index in [4.69, 9.17) is 10.5 Å². The third-order valence-corrected chi connectivity index (χ3v) is 6.57. The highest BCUT2D eigenvalue weighted by atomic mass is 16.5. The summed E-state index contributed by atoms with van der Waals surface area (Å²) in [5.41, 5.74) is 5.26. The molecule has 0 aromatic heterocycles. The van der Waals surface area contributed by atoms with Crippen LogP contribution in [0, 0.1) is 5.41 Å². The third kappa shape index (κ3) is 9.91. The van der Waals surface area contributed by atoms with Gasteiger partial charge >= 0.3 is 0 Å². The van der Waals surface area contributed by atoms with Crippen LogP contribution in [0.2, 0.25) is 0 Å². The molecule has 0 spiro atoms. The molecule has 5 atom stereocenters. The number of nitrogens with one attached hydrogen (secondary N) is 4. The Hall–Kier alpha value is -3.51. The van der Waals surface area contributed by atoms with Crippen LogP contribution in [-0.4, -0.2) is 85.4 Å². The van der Waals surface area contributed by atoms with E-state index in [1.54, 1.807) is 14.0 Å². The van der Waals surface area contributed by atoms with Crippen molar-refractivity contribution in [3.63, 3.8) is 0 Å². The van der Waals surface area contributed by atoms with E-state index in [1.165, 1.54) is 11.8 Å². The van der Waals surface area contributed by atoms with Gasteiger partial charge in [0.25, 0.3) is 0 Å². The minimum Gasteiger partial charge on any atom is -0.369 e. The summed E-state index contributed by atoms with van der Waals surface area (Å²) < 4.78 is 5.40. The van der Waals surface area contributed by atoms with Gasteiger partial charge in [-0.25, -0.2) is 0 Å². The summed E-state index contributed by atoms with van der Waals surface area (Å²) in [4.78, 5) is 64.7. The Labute approximate surface area is 237 Å². The number of hydrogen-bond donors (Lipinski definition) is 5. The lowest BCUT2D eigenvalue weighted by Crippen LogP contribution is -2.59. The van der Waals surface area contributed by atoms with Gasteiger partial charge in [0.15, 0.2) is 0 Å². The van der Waals surface area contributed by atoms with Gasteiger partial charge in [-0.3, -0.25) is 24.0 Å². The molecule has 1 aromatic carbocycles. The lowest BCUT2D eigenvalue weighted by molar-refractivity contribution is -0.144. The van der Waals surface area contributed by atoms with Crippen LogP contribution in [0.5, 0.6) is 0 Å². The van der Waals surface area contributed by atoms with E-state index in [0.717, 1.165) is 5.56 Å². The Balaban J connectivity index is 0.00000800. The SMILES string of the molecule is C.CN[C@@H](C)C(=O)N[C@H](C(=O)N1C[C@@H](NC(C)=O)C[C@H]1C(=O)N[C@H](COCC(N)=O)c1ccccc1)C(C)(C)C. The highest BCUT2D eigenvalue weighted by molar-refractivity contribution is 5.94. The largest absolute Gasteiger partial charge is 0.369 e. The molecule has 1 saturated heterocycles. The highest BCUT2D eigenvalue weighted by Gasteiger charge is 2.45. The first-order valence-corrected chi connectivity index (χ1v) is 13.0. The number of likely N-dealkylation sites (tertiary alicyclic amines) is 1. The second-order valence-electron chi connectivity index (χ2n) is 10.9. The predicted octanol–water partition coefficient (Wildman–Crippen LogP) is 0.226. The topological polar surface area (TPSA) is 172 Å². The molecule has 0 bridgehead atoms. The molecule has 1 aliphatic rings. The molecule has 0 aliphatic carbocycles. The fraction of sp³-hybridized carbons (Fsp3) is 0.607. The Morgan fingerprint density at radius 1 is 1.10 bits per heavy atom. The monoisotopic (exact) mass is 562 g/mol. The van der Waals surface area contributed by atoms with Gasteiger partial charge in [-0.1, -0.05) is 58.5 Å². The van der Waals surface area contributed by atoms with Crippen LogP contribution < -0.4 is 27.0 Å². The zero-order valence-corrected chi connectivity index (χ0v) is 23.6. The normalized spacial score (nSPS) is 19.0. The minimum absolute atomic E-state index is 0. The van der Waals surface area contributed by atoms with Crippen molar-refractivity contribution in [1.82, 2.24) is 26.2 Å². The zero-order chi connectivity index (χ0) is 29.3. The number of amides is 5. The van der Waals surface area contributed by atoms with Crippen LogP contribution in [0.3, 0.4) is 0 Å². The standard InChI is InChI=1S/C27H42N6O6.CH4/c1-16(29-6)24(36)32-23(27(3,4)5)26(38)33-13-19(30-17(2)34)12-21(33)25(37)31-20(14-39-15-22(28)35)18-10-8-7-9-11-18;/h7-11,16,19-21,23,29H,12-15H2,1-6H3,(H2,28,35)(H,30,34)(H,31,37)(H,32,36);1H4/t16-,19-,20+,21-,23+;/m0./s1. The molecule has 5 amide bonds. The highest BCUT2D eigenvalue weighted by Crippen LogP contribution is 2.27. The number of primary amides is 1. The Morgan fingerprint density at radius 2 is 1.73 bits per heavy atom. The number of rotatable bonds is 12. The predicted molar refractivity (Wildman–Crippen MR) is 152 cm³/mol. The summed E-state index contributed by atoms with van der Waals surface area (Å²) in [6.45, 7) is 8.33. The van der Waals surface area contributed by atoms with Crippen molar-refractivity contribution < 1.29 is 28.7 Å². The molecule has 1 aromatic rings. The summed E-state index contributed by atoms with van der Waals surface area (Å²) in [7, 11) is 1.65. The van der Waals surface area contributed by atoms with E-state index in [1.807, 2.05) is 51.1 Å². The fourth-order valence-corrected chi connectivity index (χ4v) is 4.38. The fourth-order valence-electron chi connectivity index (χ4n) is 4.38. The van der Waals surface area contributed by atoms with E-state index < -0.39 is 53.3 Å². The molecular weight excluding hydrogens is 516 g/mol. The molecule has 0 radical (unpaired) electrons. The number of ether oxygens (including phenoxy) is 1. The smallest absolute Gasteiger partial charge is 0.246 e. The number of likely N-dealkylation sites (N-methyl/N-ethyl adjacent to an activating group) is 1. The number of nitrogens with two attached hydrogens (primary N) is 1. The lowest BCUT2D eigenvalue weighted by Gasteiger charge is -2.36. The number of hydrogen-bond acceptors (Lipinski definition) is 7. The Kier molecular flexibility index (Phi) is 13.2. The Morgan fingerprint density at radius 3 is 2.25 bits per heavy atom. The molecule has 1 aliphatic heterocycles. The lowest BCUT2D eigenvalue weighted by atomic mass is 9.85. The maximum atomic E-state index is 13.9. The van der Waals surface area contributed by atoms with Crippen LogP contribution >= 0.6 is 0 Å². The maximum Gasteiger partial charge on any atom is 0.246 e. The van der Waals surface area contributed by atoms with Crippen molar-refractivity contribution in [3.8, 4) is 0 Å². The summed E-state index contributed by atoms with van der Waals surface area (Å²) in [6, 6.07) is 5.63. The minimum atomic E-state index is -0.920. The third-order valence-electron chi connectivity index (χ3n) is 6.57. The molecule has 1 fully saturated rings. The van der Waals surface area contributed by atoms with E-state index in [2.05, 4.69) is 21.3 Å². The molecular formula is C28H46N6O6. The first-order valence-electron chi connectivity index (χ1n) is 13.0. The average Bonchev–Trinajstić information content (AvgIpc) is 3.28. The quantitative estimate of drug-likeness (QED) is 0.242. The van der Waals surface area contributed by atoms with Gasteiger partial charge < -0.3 is 36.6 Å². The first kappa shape index (κ1) is 34.5. The average molecular weight is 563 g/mol. The first-order chi connectivity index (χ1) is 18.2.